The molecule has 3 aromatic heterocycles. The molecule has 0 atom stereocenters. The van der Waals surface area contributed by atoms with Crippen LogP contribution in [0.4, 0.5) is 29.0 Å². The number of nitrogens with zero attached hydrogens (tertiary/aromatic N) is 6. The number of hydrogen-bond acceptors (Lipinski definition) is 9. The Hall–Kier alpha value is -4.11. The summed E-state index contributed by atoms with van der Waals surface area (Å²) in [6.45, 7) is 8.16. The lowest BCUT2D eigenvalue weighted by molar-refractivity contribution is 0.588. The Labute approximate surface area is 198 Å². The Morgan fingerprint density at radius 3 is 2.41 bits per heavy atom. The summed E-state index contributed by atoms with van der Waals surface area (Å²) in [5, 5.41) is 9.94. The summed E-state index contributed by atoms with van der Waals surface area (Å²) in [6.07, 6.45) is 3.42. The van der Waals surface area contributed by atoms with Crippen molar-refractivity contribution in [3.8, 4) is 11.5 Å². The minimum atomic E-state index is 0.508. The average molecular weight is 454 g/mol. The Kier molecular flexibility index (Phi) is 6.26. The van der Waals surface area contributed by atoms with Crippen LogP contribution >= 0.6 is 0 Å². The van der Waals surface area contributed by atoms with Crippen LogP contribution in [-0.4, -0.2) is 51.1 Å². The van der Waals surface area contributed by atoms with Gasteiger partial charge >= 0.3 is 0 Å². The van der Waals surface area contributed by atoms with E-state index in [0.717, 1.165) is 43.3 Å². The first-order valence-electron chi connectivity index (χ1n) is 11.3. The van der Waals surface area contributed by atoms with Crippen LogP contribution in [0.5, 0.6) is 0 Å². The second kappa shape index (κ2) is 9.80. The molecule has 1 fully saturated rings. The van der Waals surface area contributed by atoms with Gasteiger partial charge < -0.3 is 20.9 Å². The van der Waals surface area contributed by atoms with E-state index in [1.165, 1.54) is 11.3 Å². The number of piperazine rings is 1. The van der Waals surface area contributed by atoms with Crippen molar-refractivity contribution in [1.29, 1.82) is 0 Å². The zero-order chi connectivity index (χ0) is 23.3. The monoisotopic (exact) mass is 453 g/mol. The molecule has 9 nitrogen and oxygen atoms in total. The van der Waals surface area contributed by atoms with Crippen LogP contribution < -0.4 is 20.9 Å². The summed E-state index contributed by atoms with van der Waals surface area (Å²) in [5.74, 6) is 2.33. The van der Waals surface area contributed by atoms with Gasteiger partial charge in [-0.1, -0.05) is 6.07 Å². The van der Waals surface area contributed by atoms with Crippen molar-refractivity contribution in [2.45, 2.75) is 13.8 Å². The molecule has 1 aliphatic heterocycles. The molecule has 1 aliphatic rings. The second-order valence-corrected chi connectivity index (χ2v) is 8.18. The van der Waals surface area contributed by atoms with Crippen LogP contribution in [0.2, 0.25) is 0 Å². The van der Waals surface area contributed by atoms with E-state index in [2.05, 4.69) is 70.9 Å². The third-order valence-electron chi connectivity index (χ3n) is 5.60. The van der Waals surface area contributed by atoms with Gasteiger partial charge in [0.2, 0.25) is 5.95 Å². The standard InChI is InChI=1S/C25H27N9/c1-17-16-19(6-7-21(17)34-14-12-26-13-15-34)30-25-28-11-9-23(33-25)31-22-8-10-27-24(32-22)20-5-3-4-18(2)29-20/h3-11,16,26H,12-15H2,1-2H3,(H2,27,28,30,31,32,33). The number of aryl methyl sites for hydroxylation is 2. The molecule has 1 saturated heterocycles. The lowest BCUT2D eigenvalue weighted by Gasteiger charge is -2.30. The van der Waals surface area contributed by atoms with E-state index in [0.29, 0.717) is 23.4 Å². The van der Waals surface area contributed by atoms with Gasteiger partial charge in [0, 0.05) is 55.6 Å². The van der Waals surface area contributed by atoms with Crippen LogP contribution in [0.1, 0.15) is 11.3 Å². The van der Waals surface area contributed by atoms with E-state index < -0.39 is 0 Å². The largest absolute Gasteiger partial charge is 0.369 e. The highest BCUT2D eigenvalue weighted by Gasteiger charge is 2.13. The molecule has 9 heteroatoms. The van der Waals surface area contributed by atoms with E-state index >= 15 is 0 Å². The minimum Gasteiger partial charge on any atom is -0.369 e. The Bertz CT molecular complexity index is 1280. The molecule has 0 amide bonds. The van der Waals surface area contributed by atoms with Crippen molar-refractivity contribution < 1.29 is 0 Å². The Balaban J connectivity index is 1.30. The highest BCUT2D eigenvalue weighted by molar-refractivity contribution is 5.65. The van der Waals surface area contributed by atoms with E-state index in [-0.39, 0.29) is 0 Å². The molecule has 1 aromatic carbocycles. The van der Waals surface area contributed by atoms with Crippen molar-refractivity contribution in [3.63, 3.8) is 0 Å². The third kappa shape index (κ3) is 5.10. The molecule has 5 rings (SSSR count). The maximum absolute atomic E-state index is 4.59. The predicted molar refractivity (Wildman–Crippen MR) is 135 cm³/mol. The molecule has 0 radical (unpaired) electrons. The maximum Gasteiger partial charge on any atom is 0.229 e. The van der Waals surface area contributed by atoms with Crippen LogP contribution in [0.3, 0.4) is 0 Å². The zero-order valence-electron chi connectivity index (χ0n) is 19.3. The summed E-state index contributed by atoms with van der Waals surface area (Å²) in [4.78, 5) is 24.8. The minimum absolute atomic E-state index is 0.508. The smallest absolute Gasteiger partial charge is 0.229 e. The van der Waals surface area contributed by atoms with Crippen LogP contribution in [0.15, 0.2) is 60.9 Å². The van der Waals surface area contributed by atoms with Crippen molar-refractivity contribution in [2.24, 2.45) is 0 Å². The molecule has 34 heavy (non-hydrogen) atoms. The first-order chi connectivity index (χ1) is 16.6. The maximum atomic E-state index is 4.59. The van der Waals surface area contributed by atoms with Gasteiger partial charge in [-0.25, -0.2) is 19.9 Å². The fraction of sp³-hybridized carbons (Fsp3) is 0.240. The molecular weight excluding hydrogens is 426 g/mol. The van der Waals surface area contributed by atoms with Crippen LogP contribution in [-0.2, 0) is 0 Å². The molecule has 3 N–H and O–H groups in total. The number of benzene rings is 1. The van der Waals surface area contributed by atoms with Crippen LogP contribution in [0.25, 0.3) is 11.5 Å². The third-order valence-corrected chi connectivity index (χ3v) is 5.60. The zero-order valence-corrected chi connectivity index (χ0v) is 19.3. The topological polar surface area (TPSA) is 104 Å². The molecule has 0 unspecified atom stereocenters. The molecule has 0 bridgehead atoms. The fourth-order valence-corrected chi connectivity index (χ4v) is 3.96. The SMILES string of the molecule is Cc1cccc(-c2nccc(Nc3ccnc(Nc4ccc(N5CCNCC5)c(C)c4)n3)n2)n1. The van der Waals surface area contributed by atoms with E-state index in [9.17, 15) is 0 Å². The summed E-state index contributed by atoms with van der Waals surface area (Å²) in [5.41, 5.74) is 5.09. The van der Waals surface area contributed by atoms with Gasteiger partial charge in [0.1, 0.15) is 17.3 Å². The number of nitrogens with one attached hydrogen (secondary N) is 3. The van der Waals surface area contributed by atoms with Gasteiger partial charge in [-0.15, -0.1) is 0 Å². The summed E-state index contributed by atoms with van der Waals surface area (Å²) in [7, 11) is 0. The number of rotatable bonds is 6. The molecule has 0 aliphatic carbocycles. The van der Waals surface area contributed by atoms with Gasteiger partial charge in [-0.3, -0.25) is 0 Å². The lowest BCUT2D eigenvalue weighted by atomic mass is 10.1. The normalized spacial score (nSPS) is 13.5. The lowest BCUT2D eigenvalue weighted by Crippen LogP contribution is -2.43. The highest BCUT2D eigenvalue weighted by Crippen LogP contribution is 2.25. The van der Waals surface area contributed by atoms with Gasteiger partial charge in [-0.05, 0) is 61.9 Å². The molecular formula is C25H27N9. The number of aromatic nitrogens is 5. The first-order valence-corrected chi connectivity index (χ1v) is 11.3. The van der Waals surface area contributed by atoms with Crippen molar-refractivity contribution >= 4 is 29.0 Å². The van der Waals surface area contributed by atoms with Gasteiger partial charge in [0.05, 0.1) is 0 Å². The molecule has 0 saturated carbocycles. The van der Waals surface area contributed by atoms with Gasteiger partial charge in [0.15, 0.2) is 5.82 Å². The average Bonchev–Trinajstić information content (AvgIpc) is 2.85. The quantitative estimate of drug-likeness (QED) is 0.402. The summed E-state index contributed by atoms with van der Waals surface area (Å²) >= 11 is 0. The van der Waals surface area contributed by atoms with Crippen LogP contribution in [0, 0.1) is 13.8 Å². The fourth-order valence-electron chi connectivity index (χ4n) is 3.96. The molecule has 0 spiro atoms. The summed E-state index contributed by atoms with van der Waals surface area (Å²) in [6, 6.07) is 15.7. The second-order valence-electron chi connectivity index (χ2n) is 8.18. The van der Waals surface area contributed by atoms with Gasteiger partial charge in [-0.2, -0.15) is 4.98 Å². The van der Waals surface area contributed by atoms with Crippen molar-refractivity contribution in [2.75, 3.05) is 41.7 Å². The van der Waals surface area contributed by atoms with E-state index in [4.69, 9.17) is 0 Å². The van der Waals surface area contributed by atoms with E-state index in [1.54, 1.807) is 24.5 Å². The van der Waals surface area contributed by atoms with Gasteiger partial charge in [0.25, 0.3) is 0 Å². The van der Waals surface area contributed by atoms with Crippen molar-refractivity contribution in [1.82, 2.24) is 30.2 Å². The van der Waals surface area contributed by atoms with E-state index in [1.807, 2.05) is 25.1 Å². The number of pyridine rings is 1. The highest BCUT2D eigenvalue weighted by atomic mass is 15.2. The first kappa shape index (κ1) is 21.7. The predicted octanol–water partition coefficient (Wildman–Crippen LogP) is 3.84. The summed E-state index contributed by atoms with van der Waals surface area (Å²) < 4.78 is 0. The number of anilines is 5. The Morgan fingerprint density at radius 1 is 0.824 bits per heavy atom. The molecule has 4 heterocycles. The molecule has 4 aromatic rings. The van der Waals surface area contributed by atoms with Crippen molar-refractivity contribution in [3.05, 3.63) is 72.2 Å². The number of hydrogen-bond donors (Lipinski definition) is 3. The Morgan fingerprint density at radius 2 is 1.62 bits per heavy atom. The molecule has 172 valence electrons.